The molecule has 1 aromatic rings. The second-order valence-electron chi connectivity index (χ2n) is 8.91. The van der Waals surface area contributed by atoms with Crippen LogP contribution in [0.5, 0.6) is 0 Å². The summed E-state index contributed by atoms with van der Waals surface area (Å²) in [6, 6.07) is 10.9. The molecule has 1 fully saturated rings. The first-order valence-corrected chi connectivity index (χ1v) is 12.7. The van der Waals surface area contributed by atoms with Gasteiger partial charge in [0.1, 0.15) is 9.84 Å². The summed E-state index contributed by atoms with van der Waals surface area (Å²) in [7, 11) is -2.89. The molecule has 0 bridgehead atoms. The van der Waals surface area contributed by atoms with Gasteiger partial charge in [0.05, 0.1) is 5.75 Å². The summed E-state index contributed by atoms with van der Waals surface area (Å²) < 4.78 is 22.7. The Morgan fingerprint density at radius 2 is 1.86 bits per heavy atom. The molecule has 0 unspecified atom stereocenters. The minimum Gasteiger partial charge on any atom is -0.357 e. The number of piperidine rings is 1. The molecule has 0 aromatic heterocycles. The van der Waals surface area contributed by atoms with Crippen LogP contribution < -0.4 is 10.6 Å². The first-order chi connectivity index (χ1) is 13.7. The summed E-state index contributed by atoms with van der Waals surface area (Å²) in [4.78, 5) is 7.11. The number of guanidine groups is 1. The molecule has 0 spiro atoms. The minimum atomic E-state index is -2.89. The van der Waals surface area contributed by atoms with Crippen molar-refractivity contribution in [1.82, 2.24) is 15.5 Å². The van der Waals surface area contributed by atoms with Crippen molar-refractivity contribution >= 4 is 15.8 Å². The molecule has 2 N–H and O–H groups in total. The zero-order chi connectivity index (χ0) is 21.3. The Bertz CT molecular complexity index is 739. The normalized spacial score (nSPS) is 17.3. The van der Waals surface area contributed by atoms with Crippen LogP contribution in [0.4, 0.5) is 0 Å². The van der Waals surface area contributed by atoms with Gasteiger partial charge in [-0.3, -0.25) is 4.99 Å². The maximum Gasteiger partial charge on any atom is 0.191 e. The number of sulfone groups is 1. The van der Waals surface area contributed by atoms with E-state index >= 15 is 0 Å². The lowest BCUT2D eigenvalue weighted by Gasteiger charge is -2.33. The van der Waals surface area contributed by atoms with E-state index in [-0.39, 0.29) is 11.2 Å². The predicted molar refractivity (Wildman–Crippen MR) is 122 cm³/mol. The zero-order valence-corrected chi connectivity index (χ0v) is 19.3. The molecule has 1 aromatic carbocycles. The molecule has 1 aliphatic rings. The monoisotopic (exact) mass is 422 g/mol. The van der Waals surface area contributed by atoms with Crippen LogP contribution in [0.15, 0.2) is 35.3 Å². The number of rotatable bonds is 9. The molecule has 1 aliphatic heterocycles. The highest BCUT2D eigenvalue weighted by atomic mass is 32.2. The van der Waals surface area contributed by atoms with Crippen molar-refractivity contribution in [2.24, 2.45) is 10.4 Å². The van der Waals surface area contributed by atoms with Gasteiger partial charge in [-0.15, -0.1) is 0 Å². The third-order valence-electron chi connectivity index (χ3n) is 5.24. The summed E-state index contributed by atoms with van der Waals surface area (Å²) in [5, 5.41) is 6.95. The van der Waals surface area contributed by atoms with E-state index < -0.39 is 9.84 Å². The Hall–Kier alpha value is -1.60. The number of hydrogen-bond acceptors (Lipinski definition) is 4. The molecule has 2 rings (SSSR count). The van der Waals surface area contributed by atoms with Crippen LogP contribution in [-0.2, 0) is 16.3 Å². The van der Waals surface area contributed by atoms with Crippen molar-refractivity contribution < 1.29 is 8.42 Å². The standard InChI is InChI=1S/C22H38N4O2S/c1-5-23-21(24-18-22(2,3)17-19-9-7-6-8-10-19)25-20-11-13-26(14-12-20)15-16-29(4,27)28/h6-10,20H,5,11-18H2,1-4H3,(H2,23,24,25). The molecular weight excluding hydrogens is 384 g/mol. The van der Waals surface area contributed by atoms with Crippen LogP contribution in [0.25, 0.3) is 0 Å². The minimum absolute atomic E-state index is 0.0821. The molecular formula is C22H38N4O2S. The molecule has 0 atom stereocenters. The van der Waals surface area contributed by atoms with Gasteiger partial charge >= 0.3 is 0 Å². The van der Waals surface area contributed by atoms with Crippen LogP contribution in [0.3, 0.4) is 0 Å². The number of hydrogen-bond donors (Lipinski definition) is 2. The third kappa shape index (κ3) is 9.63. The van der Waals surface area contributed by atoms with E-state index in [9.17, 15) is 8.42 Å². The van der Waals surface area contributed by atoms with E-state index in [1.165, 1.54) is 11.8 Å². The van der Waals surface area contributed by atoms with Gasteiger partial charge in [0.2, 0.25) is 0 Å². The quantitative estimate of drug-likeness (QED) is 0.472. The SMILES string of the molecule is CCNC(=NCC(C)(C)Cc1ccccc1)NC1CCN(CCS(C)(=O)=O)CC1. The van der Waals surface area contributed by atoms with Gasteiger partial charge in [-0.25, -0.2) is 8.42 Å². The van der Waals surface area contributed by atoms with Crippen molar-refractivity contribution in [2.75, 3.05) is 44.7 Å². The highest BCUT2D eigenvalue weighted by Gasteiger charge is 2.22. The van der Waals surface area contributed by atoms with Gasteiger partial charge in [0.15, 0.2) is 5.96 Å². The lowest BCUT2D eigenvalue weighted by atomic mass is 9.86. The Balaban J connectivity index is 1.84. The maximum atomic E-state index is 11.4. The van der Waals surface area contributed by atoms with Gasteiger partial charge in [-0.05, 0) is 37.2 Å². The number of nitrogens with one attached hydrogen (secondary N) is 2. The Morgan fingerprint density at radius 3 is 2.45 bits per heavy atom. The van der Waals surface area contributed by atoms with Gasteiger partial charge in [0.25, 0.3) is 0 Å². The van der Waals surface area contributed by atoms with Crippen molar-refractivity contribution in [3.05, 3.63) is 35.9 Å². The average Bonchev–Trinajstić information content (AvgIpc) is 2.66. The van der Waals surface area contributed by atoms with Gasteiger partial charge in [-0.1, -0.05) is 44.2 Å². The summed E-state index contributed by atoms with van der Waals surface area (Å²) >= 11 is 0. The van der Waals surface area contributed by atoms with Crippen LogP contribution in [-0.4, -0.2) is 70.1 Å². The largest absolute Gasteiger partial charge is 0.357 e. The summed E-state index contributed by atoms with van der Waals surface area (Å²) in [6.07, 6.45) is 4.30. The van der Waals surface area contributed by atoms with Crippen molar-refractivity contribution in [3.63, 3.8) is 0 Å². The van der Waals surface area contributed by atoms with E-state index in [0.717, 1.165) is 51.4 Å². The number of nitrogens with zero attached hydrogens (tertiary/aromatic N) is 2. The van der Waals surface area contributed by atoms with E-state index in [2.05, 4.69) is 60.6 Å². The van der Waals surface area contributed by atoms with E-state index in [1.54, 1.807) is 0 Å². The topological polar surface area (TPSA) is 73.8 Å². The fraction of sp³-hybridized carbons (Fsp3) is 0.682. The second-order valence-corrected chi connectivity index (χ2v) is 11.2. The van der Waals surface area contributed by atoms with E-state index in [1.807, 2.05) is 6.07 Å². The molecule has 1 heterocycles. The molecule has 0 amide bonds. The highest BCUT2D eigenvalue weighted by molar-refractivity contribution is 7.90. The fourth-order valence-electron chi connectivity index (χ4n) is 3.61. The van der Waals surface area contributed by atoms with Crippen molar-refractivity contribution in [1.29, 1.82) is 0 Å². The Kier molecular flexibility index (Phi) is 8.96. The van der Waals surface area contributed by atoms with E-state index in [0.29, 0.717) is 12.6 Å². The van der Waals surface area contributed by atoms with Gasteiger partial charge < -0.3 is 15.5 Å². The number of likely N-dealkylation sites (tertiary alicyclic amines) is 1. The van der Waals surface area contributed by atoms with E-state index in [4.69, 9.17) is 4.99 Å². The van der Waals surface area contributed by atoms with Crippen LogP contribution >= 0.6 is 0 Å². The average molecular weight is 423 g/mol. The van der Waals surface area contributed by atoms with Crippen LogP contribution in [0.1, 0.15) is 39.2 Å². The molecule has 0 radical (unpaired) electrons. The summed E-state index contributed by atoms with van der Waals surface area (Å²) in [5.74, 6) is 1.12. The third-order valence-corrected chi connectivity index (χ3v) is 6.17. The zero-order valence-electron chi connectivity index (χ0n) is 18.4. The molecule has 0 aliphatic carbocycles. The second kappa shape index (κ2) is 11.0. The summed E-state index contributed by atoms with van der Waals surface area (Å²) in [5.41, 5.74) is 1.42. The lowest BCUT2D eigenvalue weighted by molar-refractivity contribution is 0.216. The number of benzene rings is 1. The smallest absolute Gasteiger partial charge is 0.191 e. The van der Waals surface area contributed by atoms with Crippen molar-refractivity contribution in [2.45, 2.75) is 46.1 Å². The Labute approximate surface area is 177 Å². The molecule has 1 saturated heterocycles. The van der Waals surface area contributed by atoms with Crippen molar-refractivity contribution in [3.8, 4) is 0 Å². The molecule has 164 valence electrons. The first-order valence-electron chi connectivity index (χ1n) is 10.7. The molecule has 6 nitrogen and oxygen atoms in total. The first kappa shape index (κ1) is 23.7. The van der Waals surface area contributed by atoms with Crippen LogP contribution in [0, 0.1) is 5.41 Å². The maximum absolute atomic E-state index is 11.4. The predicted octanol–water partition coefficient (Wildman–Crippen LogP) is 2.32. The van der Waals surface area contributed by atoms with Crippen LogP contribution in [0.2, 0.25) is 0 Å². The molecule has 7 heteroatoms. The van der Waals surface area contributed by atoms with Gasteiger partial charge in [0, 0.05) is 45.0 Å². The fourth-order valence-corrected chi connectivity index (χ4v) is 4.20. The van der Waals surface area contributed by atoms with Gasteiger partial charge in [-0.2, -0.15) is 0 Å². The highest BCUT2D eigenvalue weighted by Crippen LogP contribution is 2.22. The lowest BCUT2D eigenvalue weighted by Crippen LogP contribution is -2.49. The summed E-state index contributed by atoms with van der Waals surface area (Å²) in [6.45, 7) is 10.7. The Morgan fingerprint density at radius 1 is 1.21 bits per heavy atom. The molecule has 29 heavy (non-hydrogen) atoms. The molecule has 0 saturated carbocycles. The number of aliphatic imine (C=N–C) groups is 1.